The fourth-order valence-corrected chi connectivity index (χ4v) is 3.25. The van der Waals surface area contributed by atoms with Crippen molar-refractivity contribution in [1.29, 1.82) is 0 Å². The van der Waals surface area contributed by atoms with Crippen molar-refractivity contribution in [3.63, 3.8) is 0 Å². The van der Waals surface area contributed by atoms with E-state index >= 15 is 0 Å². The number of nitrogens with one attached hydrogen (secondary N) is 2. The van der Waals surface area contributed by atoms with Crippen molar-refractivity contribution in [3.05, 3.63) is 17.7 Å². The molecule has 2 rings (SSSR count). The van der Waals surface area contributed by atoms with Gasteiger partial charge in [-0.15, -0.1) is 0 Å². The molecular weight excluding hydrogens is 299 g/mol. The van der Waals surface area contributed by atoms with Gasteiger partial charge in [0.15, 0.2) is 0 Å². The molecule has 1 aromatic rings. The lowest BCUT2D eigenvalue weighted by molar-refractivity contribution is -0.137. The second-order valence-corrected chi connectivity index (χ2v) is 6.52. The first-order chi connectivity index (χ1) is 9.88. The zero-order chi connectivity index (χ0) is 15.5. The summed E-state index contributed by atoms with van der Waals surface area (Å²) in [5.74, 6) is 0.530. The van der Waals surface area contributed by atoms with Crippen molar-refractivity contribution in [2.24, 2.45) is 0 Å². The number of thioether (sulfide) groups is 1. The fourth-order valence-electron chi connectivity index (χ4n) is 2.33. The molecule has 2 N–H and O–H groups in total. The van der Waals surface area contributed by atoms with Crippen molar-refractivity contribution >= 4 is 23.4 Å². The molecule has 0 saturated heterocycles. The van der Waals surface area contributed by atoms with E-state index in [9.17, 15) is 13.2 Å². The van der Waals surface area contributed by atoms with Gasteiger partial charge in [0.05, 0.1) is 5.56 Å². The number of alkyl halides is 3. The van der Waals surface area contributed by atoms with Crippen LogP contribution in [0.15, 0.2) is 12.1 Å². The van der Waals surface area contributed by atoms with Gasteiger partial charge in [0.2, 0.25) is 0 Å². The average molecular weight is 319 g/mol. The van der Waals surface area contributed by atoms with Crippen molar-refractivity contribution < 1.29 is 13.2 Å². The maximum absolute atomic E-state index is 12.9. The van der Waals surface area contributed by atoms with E-state index in [0.717, 1.165) is 25.0 Å². The molecular formula is C14H20F3N3S. The third-order valence-electron chi connectivity index (χ3n) is 3.80. The predicted molar refractivity (Wildman–Crippen MR) is 82.0 cm³/mol. The molecule has 0 amide bonds. The minimum atomic E-state index is -4.36. The van der Waals surface area contributed by atoms with Gasteiger partial charge in [-0.2, -0.15) is 24.9 Å². The Kier molecular flexibility index (Phi) is 4.91. The number of rotatable bonds is 6. The molecule has 7 heteroatoms. The first kappa shape index (κ1) is 16.3. The summed E-state index contributed by atoms with van der Waals surface area (Å²) in [5.41, 5.74) is -0.678. The van der Waals surface area contributed by atoms with Crippen LogP contribution in [0.5, 0.6) is 0 Å². The van der Waals surface area contributed by atoms with Crippen LogP contribution < -0.4 is 10.6 Å². The molecule has 1 heterocycles. The molecule has 0 spiro atoms. The van der Waals surface area contributed by atoms with E-state index in [0.29, 0.717) is 13.1 Å². The van der Waals surface area contributed by atoms with Gasteiger partial charge in [-0.1, -0.05) is 6.42 Å². The Labute approximate surface area is 127 Å². The number of aromatic nitrogens is 1. The van der Waals surface area contributed by atoms with Crippen molar-refractivity contribution in [2.45, 2.75) is 37.1 Å². The number of hydrogen-bond donors (Lipinski definition) is 2. The molecule has 0 aliphatic heterocycles. The van der Waals surface area contributed by atoms with Crippen LogP contribution >= 0.6 is 11.8 Å². The number of pyridine rings is 1. The average Bonchev–Trinajstić information content (AvgIpc) is 2.37. The minimum absolute atomic E-state index is 0.147. The van der Waals surface area contributed by atoms with Crippen LogP contribution in [0.1, 0.15) is 31.7 Å². The molecule has 0 aromatic carbocycles. The lowest BCUT2D eigenvalue weighted by Crippen LogP contribution is -2.40. The molecule has 118 valence electrons. The molecule has 1 fully saturated rings. The Hall–Kier alpha value is -1.11. The van der Waals surface area contributed by atoms with E-state index in [1.807, 2.05) is 13.2 Å². The van der Waals surface area contributed by atoms with Crippen molar-refractivity contribution in [3.8, 4) is 0 Å². The number of anilines is 2. The standard InChI is InChI=1S/C14H20F3N3S/c1-3-18-11-7-10(14(15,16)17)8-12(20-11)19-9-13(21-2)5-4-6-13/h7-8H,3-6,9H2,1-2H3,(H2,18,19,20). The summed E-state index contributed by atoms with van der Waals surface area (Å²) in [6.07, 6.45) is 1.06. The van der Waals surface area contributed by atoms with Gasteiger partial charge in [0.25, 0.3) is 0 Å². The summed E-state index contributed by atoms with van der Waals surface area (Å²) in [4.78, 5) is 4.20. The summed E-state index contributed by atoms with van der Waals surface area (Å²) in [6, 6.07) is 2.12. The Morgan fingerprint density at radius 2 is 1.86 bits per heavy atom. The first-order valence-electron chi connectivity index (χ1n) is 7.01. The van der Waals surface area contributed by atoms with E-state index in [2.05, 4.69) is 15.6 Å². The zero-order valence-corrected chi connectivity index (χ0v) is 13.0. The van der Waals surface area contributed by atoms with Gasteiger partial charge in [-0.3, -0.25) is 0 Å². The SMILES string of the molecule is CCNc1cc(C(F)(F)F)cc(NCC2(SC)CCC2)n1. The van der Waals surface area contributed by atoms with Crippen molar-refractivity contribution in [2.75, 3.05) is 30.0 Å². The highest BCUT2D eigenvalue weighted by molar-refractivity contribution is 8.00. The summed E-state index contributed by atoms with van der Waals surface area (Å²) in [7, 11) is 0. The van der Waals surface area contributed by atoms with E-state index < -0.39 is 11.7 Å². The molecule has 21 heavy (non-hydrogen) atoms. The van der Waals surface area contributed by atoms with E-state index in [-0.39, 0.29) is 16.4 Å². The first-order valence-corrected chi connectivity index (χ1v) is 8.23. The lowest BCUT2D eigenvalue weighted by atomic mass is 9.84. The molecule has 0 radical (unpaired) electrons. The van der Waals surface area contributed by atoms with Crippen LogP contribution in [0.4, 0.5) is 24.8 Å². The van der Waals surface area contributed by atoms with Gasteiger partial charge < -0.3 is 10.6 Å². The maximum Gasteiger partial charge on any atom is 0.416 e. The normalized spacial score (nSPS) is 17.2. The fraction of sp³-hybridized carbons (Fsp3) is 0.643. The quantitative estimate of drug-likeness (QED) is 0.823. The Morgan fingerprint density at radius 3 is 2.29 bits per heavy atom. The Balaban J connectivity index is 2.15. The van der Waals surface area contributed by atoms with Crippen LogP contribution in [-0.4, -0.2) is 29.1 Å². The van der Waals surface area contributed by atoms with Gasteiger partial charge in [0, 0.05) is 17.8 Å². The number of hydrogen-bond acceptors (Lipinski definition) is 4. The van der Waals surface area contributed by atoms with Gasteiger partial charge in [-0.05, 0) is 38.2 Å². The van der Waals surface area contributed by atoms with Crippen LogP contribution in [0.2, 0.25) is 0 Å². The van der Waals surface area contributed by atoms with Gasteiger partial charge >= 0.3 is 6.18 Å². The number of nitrogens with zero attached hydrogens (tertiary/aromatic N) is 1. The zero-order valence-electron chi connectivity index (χ0n) is 12.2. The second kappa shape index (κ2) is 6.34. The highest BCUT2D eigenvalue weighted by Gasteiger charge is 2.36. The topological polar surface area (TPSA) is 37.0 Å². The molecule has 1 aromatic heterocycles. The van der Waals surface area contributed by atoms with Crippen LogP contribution in [-0.2, 0) is 6.18 Å². The Morgan fingerprint density at radius 1 is 1.24 bits per heavy atom. The van der Waals surface area contributed by atoms with Crippen LogP contribution in [0.25, 0.3) is 0 Å². The molecule has 1 saturated carbocycles. The lowest BCUT2D eigenvalue weighted by Gasteiger charge is -2.40. The molecule has 1 aliphatic carbocycles. The summed E-state index contributed by atoms with van der Waals surface area (Å²) in [5, 5.41) is 5.92. The highest BCUT2D eigenvalue weighted by Crippen LogP contribution is 2.42. The smallest absolute Gasteiger partial charge is 0.370 e. The monoisotopic (exact) mass is 319 g/mol. The molecule has 0 atom stereocenters. The molecule has 0 bridgehead atoms. The Bertz CT molecular complexity index is 481. The van der Waals surface area contributed by atoms with E-state index in [1.165, 1.54) is 6.42 Å². The third-order valence-corrected chi connectivity index (χ3v) is 5.22. The van der Waals surface area contributed by atoms with E-state index in [4.69, 9.17) is 0 Å². The molecule has 0 unspecified atom stereocenters. The highest BCUT2D eigenvalue weighted by atomic mass is 32.2. The minimum Gasteiger partial charge on any atom is -0.370 e. The molecule has 3 nitrogen and oxygen atoms in total. The largest absolute Gasteiger partial charge is 0.416 e. The van der Waals surface area contributed by atoms with Crippen molar-refractivity contribution in [1.82, 2.24) is 4.98 Å². The summed E-state index contributed by atoms with van der Waals surface area (Å²) in [6.45, 7) is 3.00. The summed E-state index contributed by atoms with van der Waals surface area (Å²) < 4.78 is 38.9. The molecule has 1 aliphatic rings. The third kappa shape index (κ3) is 3.96. The summed E-state index contributed by atoms with van der Waals surface area (Å²) >= 11 is 1.77. The van der Waals surface area contributed by atoms with Gasteiger partial charge in [-0.25, -0.2) is 4.98 Å². The second-order valence-electron chi connectivity index (χ2n) is 5.25. The van der Waals surface area contributed by atoms with Gasteiger partial charge in [0.1, 0.15) is 11.6 Å². The van der Waals surface area contributed by atoms with Crippen LogP contribution in [0.3, 0.4) is 0 Å². The van der Waals surface area contributed by atoms with Crippen LogP contribution in [0, 0.1) is 0 Å². The number of halogens is 3. The van der Waals surface area contributed by atoms with E-state index in [1.54, 1.807) is 11.8 Å². The maximum atomic E-state index is 12.9. The predicted octanol–water partition coefficient (Wildman–Crippen LogP) is 4.23.